The van der Waals surface area contributed by atoms with Gasteiger partial charge in [-0.05, 0) is 25.7 Å². The van der Waals surface area contributed by atoms with Crippen molar-refractivity contribution >= 4 is 23.6 Å². The van der Waals surface area contributed by atoms with Gasteiger partial charge in [-0.25, -0.2) is 0 Å². The van der Waals surface area contributed by atoms with Crippen molar-refractivity contribution in [3.63, 3.8) is 0 Å². The molecule has 1 atom stereocenters. The largest absolute Gasteiger partial charge is 0.352 e. The minimum atomic E-state index is -0.337. The maximum atomic E-state index is 12.8. The summed E-state index contributed by atoms with van der Waals surface area (Å²) < 4.78 is 0. The fraction of sp³-hybridized carbons (Fsp3) is 0.882. The van der Waals surface area contributed by atoms with Crippen molar-refractivity contribution in [2.45, 2.75) is 81.2 Å². The number of amides is 2. The summed E-state index contributed by atoms with van der Waals surface area (Å²) in [5.74, 6) is 0.680. The summed E-state index contributed by atoms with van der Waals surface area (Å²) in [4.78, 5) is 27.0. The van der Waals surface area contributed by atoms with Crippen molar-refractivity contribution in [2.24, 2.45) is 5.73 Å². The number of thioether (sulfide) groups is 1. The molecule has 2 amide bonds. The van der Waals surface area contributed by atoms with Crippen molar-refractivity contribution < 1.29 is 9.59 Å². The van der Waals surface area contributed by atoms with Crippen LogP contribution in [0.15, 0.2) is 0 Å². The molecule has 3 N–H and O–H groups in total. The molecule has 23 heavy (non-hydrogen) atoms. The Labute approximate surface area is 143 Å². The van der Waals surface area contributed by atoms with Crippen LogP contribution < -0.4 is 11.1 Å². The Morgan fingerprint density at radius 1 is 1.09 bits per heavy atom. The zero-order valence-corrected chi connectivity index (χ0v) is 14.7. The first-order chi connectivity index (χ1) is 11.2. The number of hydrogen-bond acceptors (Lipinski definition) is 4. The molecule has 0 aromatic heterocycles. The third kappa shape index (κ3) is 3.53. The Morgan fingerprint density at radius 2 is 1.74 bits per heavy atom. The summed E-state index contributed by atoms with van der Waals surface area (Å²) >= 11 is 1.80. The average Bonchev–Trinajstić information content (AvgIpc) is 2.94. The van der Waals surface area contributed by atoms with Gasteiger partial charge in [0.05, 0.1) is 11.4 Å². The second kappa shape index (κ2) is 7.43. The minimum Gasteiger partial charge on any atom is -0.352 e. The molecule has 1 saturated heterocycles. The topological polar surface area (TPSA) is 75.4 Å². The van der Waals surface area contributed by atoms with Crippen LogP contribution in [-0.2, 0) is 9.59 Å². The van der Waals surface area contributed by atoms with Gasteiger partial charge in [-0.2, -0.15) is 0 Å². The molecule has 1 heterocycles. The van der Waals surface area contributed by atoms with E-state index in [0.29, 0.717) is 11.8 Å². The number of rotatable bonds is 3. The highest BCUT2D eigenvalue weighted by Crippen LogP contribution is 2.49. The van der Waals surface area contributed by atoms with Crippen molar-refractivity contribution in [2.75, 3.05) is 12.3 Å². The smallest absolute Gasteiger partial charge is 0.243 e. The van der Waals surface area contributed by atoms with Crippen molar-refractivity contribution in [3.8, 4) is 0 Å². The highest BCUT2D eigenvalue weighted by Gasteiger charge is 2.51. The first-order valence-electron chi connectivity index (χ1n) is 9.13. The maximum absolute atomic E-state index is 12.8. The molecule has 2 saturated carbocycles. The molecule has 1 aliphatic heterocycles. The molecule has 0 aromatic rings. The second-order valence-electron chi connectivity index (χ2n) is 7.15. The molecule has 6 heteroatoms. The van der Waals surface area contributed by atoms with Crippen molar-refractivity contribution in [1.82, 2.24) is 10.2 Å². The Hall–Kier alpha value is -0.750. The Balaban J connectivity index is 1.71. The third-order valence-electron chi connectivity index (χ3n) is 5.59. The van der Waals surface area contributed by atoms with E-state index in [1.54, 1.807) is 11.8 Å². The summed E-state index contributed by atoms with van der Waals surface area (Å²) in [7, 11) is 0. The van der Waals surface area contributed by atoms with Gasteiger partial charge in [-0.1, -0.05) is 38.5 Å². The quantitative estimate of drug-likeness (QED) is 0.825. The number of hydrogen-bond donors (Lipinski definition) is 2. The molecular weight excluding hydrogens is 310 g/mol. The van der Waals surface area contributed by atoms with Crippen LogP contribution in [0.5, 0.6) is 0 Å². The zero-order valence-electron chi connectivity index (χ0n) is 13.9. The van der Waals surface area contributed by atoms with Gasteiger partial charge in [0.15, 0.2) is 0 Å². The summed E-state index contributed by atoms with van der Waals surface area (Å²) in [6.07, 6.45) is 11.3. The fourth-order valence-electron chi connectivity index (χ4n) is 4.39. The van der Waals surface area contributed by atoms with E-state index < -0.39 is 0 Å². The molecule has 3 rings (SSSR count). The molecule has 2 aliphatic carbocycles. The van der Waals surface area contributed by atoms with Crippen LogP contribution in [0.25, 0.3) is 0 Å². The van der Waals surface area contributed by atoms with Crippen molar-refractivity contribution in [1.29, 1.82) is 0 Å². The normalized spacial score (nSPS) is 28.0. The molecule has 0 unspecified atom stereocenters. The van der Waals surface area contributed by atoms with Gasteiger partial charge in [0.1, 0.15) is 6.04 Å². The molecule has 130 valence electrons. The van der Waals surface area contributed by atoms with E-state index in [9.17, 15) is 9.59 Å². The van der Waals surface area contributed by atoms with Crippen LogP contribution in [-0.4, -0.2) is 46.0 Å². The lowest BCUT2D eigenvalue weighted by Gasteiger charge is -2.42. The Kier molecular flexibility index (Phi) is 5.52. The van der Waals surface area contributed by atoms with Crippen LogP contribution in [0.1, 0.15) is 64.2 Å². The molecule has 0 aromatic carbocycles. The summed E-state index contributed by atoms with van der Waals surface area (Å²) in [5.41, 5.74) is 5.66. The predicted molar refractivity (Wildman–Crippen MR) is 93.0 cm³/mol. The lowest BCUT2D eigenvalue weighted by molar-refractivity contribution is -0.142. The number of nitrogens with two attached hydrogens (primary N) is 1. The van der Waals surface area contributed by atoms with Crippen LogP contribution in [0.4, 0.5) is 0 Å². The Morgan fingerprint density at radius 3 is 2.39 bits per heavy atom. The van der Waals surface area contributed by atoms with E-state index in [1.807, 2.05) is 4.90 Å². The molecule has 1 spiro atoms. The summed E-state index contributed by atoms with van der Waals surface area (Å²) in [6.45, 7) is -0.00445. The lowest BCUT2D eigenvalue weighted by atomic mass is 9.92. The molecular formula is C17H29N3O2S. The number of nitrogens with one attached hydrogen (secondary N) is 1. The monoisotopic (exact) mass is 339 g/mol. The lowest BCUT2D eigenvalue weighted by Crippen LogP contribution is -2.58. The van der Waals surface area contributed by atoms with E-state index in [1.165, 1.54) is 25.7 Å². The first kappa shape index (κ1) is 17.1. The average molecular weight is 340 g/mol. The van der Waals surface area contributed by atoms with E-state index in [-0.39, 0.29) is 29.3 Å². The predicted octanol–water partition coefficient (Wildman–Crippen LogP) is 2.00. The van der Waals surface area contributed by atoms with Gasteiger partial charge in [0.25, 0.3) is 0 Å². The van der Waals surface area contributed by atoms with E-state index in [4.69, 9.17) is 5.73 Å². The van der Waals surface area contributed by atoms with Gasteiger partial charge < -0.3 is 16.0 Å². The van der Waals surface area contributed by atoms with Crippen LogP contribution in [0.3, 0.4) is 0 Å². The van der Waals surface area contributed by atoms with Gasteiger partial charge in [0, 0.05) is 11.8 Å². The molecule has 3 fully saturated rings. The molecule has 3 aliphatic rings. The van der Waals surface area contributed by atoms with Crippen LogP contribution in [0.2, 0.25) is 0 Å². The van der Waals surface area contributed by atoms with Gasteiger partial charge >= 0.3 is 0 Å². The van der Waals surface area contributed by atoms with E-state index in [0.717, 1.165) is 38.5 Å². The number of carbonyl (C=O) groups is 2. The van der Waals surface area contributed by atoms with Crippen LogP contribution >= 0.6 is 11.8 Å². The van der Waals surface area contributed by atoms with Crippen molar-refractivity contribution in [3.05, 3.63) is 0 Å². The SMILES string of the molecule is NCC(=O)N1[C@@H](C(=O)NC2CCCCC2)CSC12CCCCC2. The molecule has 0 radical (unpaired) electrons. The van der Waals surface area contributed by atoms with Gasteiger partial charge in [0.2, 0.25) is 11.8 Å². The first-order valence-corrected chi connectivity index (χ1v) is 10.1. The highest BCUT2D eigenvalue weighted by molar-refractivity contribution is 8.01. The zero-order chi connectivity index (χ0) is 16.3. The van der Waals surface area contributed by atoms with Gasteiger partial charge in [-0.3, -0.25) is 9.59 Å². The minimum absolute atomic E-state index is 0.00445. The molecule has 5 nitrogen and oxygen atoms in total. The van der Waals surface area contributed by atoms with Gasteiger partial charge in [-0.15, -0.1) is 11.8 Å². The molecule has 0 bridgehead atoms. The second-order valence-corrected chi connectivity index (χ2v) is 8.53. The number of nitrogens with zero attached hydrogens (tertiary/aromatic N) is 1. The number of carbonyl (C=O) groups excluding carboxylic acids is 2. The maximum Gasteiger partial charge on any atom is 0.243 e. The third-order valence-corrected chi connectivity index (χ3v) is 7.22. The summed E-state index contributed by atoms with van der Waals surface area (Å²) in [5, 5.41) is 3.20. The van der Waals surface area contributed by atoms with E-state index in [2.05, 4.69) is 5.32 Å². The highest BCUT2D eigenvalue weighted by atomic mass is 32.2. The fourth-order valence-corrected chi connectivity index (χ4v) is 6.10. The Bertz CT molecular complexity index is 445. The standard InChI is InChI=1S/C17H29N3O2S/c18-11-15(21)20-14(12-23-17(20)9-5-2-6-10-17)16(22)19-13-7-3-1-4-8-13/h13-14H,1-12,18H2,(H,19,22)/t14-/m1/s1. The summed E-state index contributed by atoms with van der Waals surface area (Å²) in [6, 6.07) is -0.0462. The van der Waals surface area contributed by atoms with E-state index >= 15 is 0 Å². The van der Waals surface area contributed by atoms with Crippen LogP contribution in [0, 0.1) is 0 Å².